The van der Waals surface area contributed by atoms with E-state index in [2.05, 4.69) is 0 Å². The zero-order chi connectivity index (χ0) is 12.4. The molecule has 0 N–H and O–H groups in total. The van der Waals surface area contributed by atoms with Gasteiger partial charge >= 0.3 is 6.43 Å². The van der Waals surface area contributed by atoms with E-state index in [1.807, 2.05) is 31.2 Å². The van der Waals surface area contributed by atoms with Crippen LogP contribution in [-0.2, 0) is 4.79 Å². The minimum atomic E-state index is -2.90. The van der Waals surface area contributed by atoms with Crippen molar-refractivity contribution in [2.24, 2.45) is 0 Å². The minimum Gasteiger partial charge on any atom is -0.331 e. The summed E-state index contributed by atoms with van der Waals surface area (Å²) in [7, 11) is 0. The Labute approximate surface area is 99.2 Å². The summed E-state index contributed by atoms with van der Waals surface area (Å²) in [5.41, 5.74) is 2.03. The van der Waals surface area contributed by atoms with E-state index in [0.29, 0.717) is 6.54 Å². The normalized spacial score (nSPS) is 20.0. The van der Waals surface area contributed by atoms with Crippen LogP contribution in [0.25, 0.3) is 0 Å². The first kappa shape index (κ1) is 12.0. The monoisotopic (exact) mass is 239 g/mol. The number of hydrogen-bond acceptors (Lipinski definition) is 1. The lowest BCUT2D eigenvalue weighted by Gasteiger charge is -2.25. The first-order valence-electron chi connectivity index (χ1n) is 5.75. The Morgan fingerprint density at radius 3 is 2.76 bits per heavy atom. The largest absolute Gasteiger partial charge is 0.331 e. The number of alkyl halides is 2. The standard InChI is InChI=1S/C13H15F2NO/c1-9-5-2-3-6-10(9)11-7-4-8-16(11)13(17)12(14)15/h2-3,5-6,11-12H,4,7-8H2,1H3. The van der Waals surface area contributed by atoms with Gasteiger partial charge in [-0.05, 0) is 30.9 Å². The molecule has 0 radical (unpaired) electrons. The molecule has 1 aliphatic heterocycles. The van der Waals surface area contributed by atoms with Crippen LogP contribution in [0.4, 0.5) is 8.78 Å². The first-order valence-corrected chi connectivity index (χ1v) is 5.75. The summed E-state index contributed by atoms with van der Waals surface area (Å²) in [5.74, 6) is -1.05. The smallest absolute Gasteiger partial charge is 0.315 e. The average molecular weight is 239 g/mol. The molecule has 1 aliphatic rings. The molecule has 1 fully saturated rings. The van der Waals surface area contributed by atoms with Crippen LogP contribution in [-0.4, -0.2) is 23.8 Å². The summed E-state index contributed by atoms with van der Waals surface area (Å²) in [5, 5.41) is 0. The number of amides is 1. The quantitative estimate of drug-likeness (QED) is 0.777. The molecular formula is C13H15F2NO. The molecule has 1 aromatic rings. The lowest BCUT2D eigenvalue weighted by molar-refractivity contribution is -0.143. The maximum Gasteiger partial charge on any atom is 0.315 e. The highest BCUT2D eigenvalue weighted by molar-refractivity contribution is 5.80. The molecule has 2 nitrogen and oxygen atoms in total. The molecule has 0 aromatic heterocycles. The molecule has 1 atom stereocenters. The van der Waals surface area contributed by atoms with Gasteiger partial charge in [0.15, 0.2) is 0 Å². The van der Waals surface area contributed by atoms with E-state index in [0.717, 1.165) is 24.0 Å². The van der Waals surface area contributed by atoms with Crippen LogP contribution in [0.1, 0.15) is 30.0 Å². The molecule has 1 amide bonds. The Morgan fingerprint density at radius 1 is 1.41 bits per heavy atom. The van der Waals surface area contributed by atoms with Gasteiger partial charge in [-0.1, -0.05) is 24.3 Å². The van der Waals surface area contributed by atoms with Gasteiger partial charge in [-0.3, -0.25) is 4.79 Å². The van der Waals surface area contributed by atoms with Gasteiger partial charge in [-0.25, -0.2) is 0 Å². The summed E-state index contributed by atoms with van der Waals surface area (Å²) in [6, 6.07) is 7.46. The van der Waals surface area contributed by atoms with Crippen LogP contribution in [0.15, 0.2) is 24.3 Å². The number of likely N-dealkylation sites (tertiary alicyclic amines) is 1. The van der Waals surface area contributed by atoms with Crippen molar-refractivity contribution >= 4 is 5.91 Å². The van der Waals surface area contributed by atoms with E-state index in [9.17, 15) is 13.6 Å². The predicted molar refractivity (Wildman–Crippen MR) is 60.9 cm³/mol. The topological polar surface area (TPSA) is 20.3 Å². The van der Waals surface area contributed by atoms with Crippen molar-refractivity contribution in [1.82, 2.24) is 4.90 Å². The number of aryl methyl sites for hydroxylation is 1. The number of benzene rings is 1. The Kier molecular flexibility index (Phi) is 3.41. The molecule has 1 heterocycles. The van der Waals surface area contributed by atoms with Crippen LogP contribution < -0.4 is 0 Å². The van der Waals surface area contributed by atoms with Crippen molar-refractivity contribution in [2.45, 2.75) is 32.2 Å². The summed E-state index contributed by atoms with van der Waals surface area (Å²) >= 11 is 0. The molecule has 4 heteroatoms. The number of hydrogen-bond donors (Lipinski definition) is 0. The molecule has 1 aromatic carbocycles. The fourth-order valence-corrected chi connectivity index (χ4v) is 2.44. The fourth-order valence-electron chi connectivity index (χ4n) is 2.44. The van der Waals surface area contributed by atoms with Crippen molar-refractivity contribution in [3.05, 3.63) is 35.4 Å². The molecule has 2 rings (SSSR count). The third-order valence-electron chi connectivity index (χ3n) is 3.27. The van der Waals surface area contributed by atoms with Crippen LogP contribution in [0.2, 0.25) is 0 Å². The molecular weight excluding hydrogens is 224 g/mol. The summed E-state index contributed by atoms with van der Waals surface area (Å²) in [6.07, 6.45) is -1.35. The average Bonchev–Trinajstić information content (AvgIpc) is 2.77. The Bertz CT molecular complexity index is 420. The van der Waals surface area contributed by atoms with Gasteiger partial charge in [0.2, 0.25) is 0 Å². The molecule has 17 heavy (non-hydrogen) atoms. The van der Waals surface area contributed by atoms with Gasteiger partial charge in [0.25, 0.3) is 5.91 Å². The predicted octanol–water partition coefficient (Wildman–Crippen LogP) is 2.92. The number of carbonyl (C=O) groups is 1. The van der Waals surface area contributed by atoms with Gasteiger partial charge in [0.1, 0.15) is 0 Å². The van der Waals surface area contributed by atoms with E-state index >= 15 is 0 Å². The van der Waals surface area contributed by atoms with E-state index < -0.39 is 12.3 Å². The van der Waals surface area contributed by atoms with Crippen LogP contribution in [0, 0.1) is 6.92 Å². The Morgan fingerprint density at radius 2 is 2.12 bits per heavy atom. The summed E-state index contributed by atoms with van der Waals surface area (Å²) < 4.78 is 25.0. The molecule has 92 valence electrons. The van der Waals surface area contributed by atoms with Gasteiger partial charge in [-0.15, -0.1) is 0 Å². The molecule has 0 aliphatic carbocycles. The van der Waals surface area contributed by atoms with Crippen LogP contribution in [0.5, 0.6) is 0 Å². The van der Waals surface area contributed by atoms with Crippen LogP contribution >= 0.6 is 0 Å². The number of rotatable bonds is 2. The lowest BCUT2D eigenvalue weighted by atomic mass is 9.99. The molecule has 1 unspecified atom stereocenters. The lowest BCUT2D eigenvalue weighted by Crippen LogP contribution is -2.35. The minimum absolute atomic E-state index is 0.183. The third-order valence-corrected chi connectivity index (χ3v) is 3.27. The van der Waals surface area contributed by atoms with Crippen molar-refractivity contribution < 1.29 is 13.6 Å². The van der Waals surface area contributed by atoms with E-state index in [1.165, 1.54) is 4.90 Å². The molecule has 0 saturated carbocycles. The summed E-state index contributed by atoms with van der Waals surface area (Å²) in [4.78, 5) is 12.7. The second-order valence-electron chi connectivity index (χ2n) is 4.35. The number of nitrogens with zero attached hydrogens (tertiary/aromatic N) is 1. The molecule has 0 bridgehead atoms. The highest BCUT2D eigenvalue weighted by atomic mass is 19.3. The maximum atomic E-state index is 12.5. The molecule has 0 spiro atoms. The van der Waals surface area contributed by atoms with E-state index in [-0.39, 0.29) is 6.04 Å². The fraction of sp³-hybridized carbons (Fsp3) is 0.462. The maximum absolute atomic E-state index is 12.5. The zero-order valence-electron chi connectivity index (χ0n) is 9.70. The number of carbonyl (C=O) groups excluding carboxylic acids is 1. The van der Waals surface area contributed by atoms with Gasteiger partial charge in [0.05, 0.1) is 6.04 Å². The highest BCUT2D eigenvalue weighted by Crippen LogP contribution is 2.34. The van der Waals surface area contributed by atoms with E-state index in [4.69, 9.17) is 0 Å². The summed E-state index contributed by atoms with van der Waals surface area (Å²) in [6.45, 7) is 2.38. The van der Waals surface area contributed by atoms with Gasteiger partial charge in [0, 0.05) is 6.54 Å². The van der Waals surface area contributed by atoms with E-state index in [1.54, 1.807) is 0 Å². The zero-order valence-corrected chi connectivity index (χ0v) is 9.70. The Hall–Kier alpha value is -1.45. The third kappa shape index (κ3) is 2.30. The molecule has 1 saturated heterocycles. The second kappa shape index (κ2) is 4.82. The highest BCUT2D eigenvalue weighted by Gasteiger charge is 2.34. The van der Waals surface area contributed by atoms with Crippen molar-refractivity contribution in [3.63, 3.8) is 0 Å². The van der Waals surface area contributed by atoms with Crippen molar-refractivity contribution in [3.8, 4) is 0 Å². The SMILES string of the molecule is Cc1ccccc1C1CCCN1C(=O)C(F)F. The van der Waals surface area contributed by atoms with Crippen molar-refractivity contribution in [2.75, 3.05) is 6.54 Å². The first-order chi connectivity index (χ1) is 8.11. The van der Waals surface area contributed by atoms with Gasteiger partial charge < -0.3 is 4.90 Å². The second-order valence-corrected chi connectivity index (χ2v) is 4.35. The van der Waals surface area contributed by atoms with Crippen LogP contribution in [0.3, 0.4) is 0 Å². The Balaban J connectivity index is 2.26. The number of halogens is 2. The van der Waals surface area contributed by atoms with Crippen molar-refractivity contribution in [1.29, 1.82) is 0 Å². The van der Waals surface area contributed by atoms with Gasteiger partial charge in [-0.2, -0.15) is 8.78 Å².